The summed E-state index contributed by atoms with van der Waals surface area (Å²) in [7, 11) is 4.63. The standard InChI is InChI=1S/C15H34NO.ClH/c1-4-5-6-7-8-9-10-13-16(2,3)14-11-12-15-17;/h17H,4-15H2,1-3H3;1H/q+1;/p-1. The molecule has 0 aliphatic heterocycles. The molecule has 0 bridgehead atoms. The molecule has 0 fully saturated rings. The van der Waals surface area contributed by atoms with Crippen molar-refractivity contribution in [1.82, 2.24) is 0 Å². The third kappa shape index (κ3) is 14.3. The second kappa shape index (κ2) is 13.6. The van der Waals surface area contributed by atoms with Crippen LogP contribution in [0.1, 0.15) is 64.7 Å². The Morgan fingerprint density at radius 1 is 0.722 bits per heavy atom. The van der Waals surface area contributed by atoms with Crippen LogP contribution in [0.4, 0.5) is 0 Å². The van der Waals surface area contributed by atoms with Crippen LogP contribution in [0.5, 0.6) is 0 Å². The van der Waals surface area contributed by atoms with Gasteiger partial charge in [-0.25, -0.2) is 0 Å². The van der Waals surface area contributed by atoms with E-state index in [1.807, 2.05) is 0 Å². The molecular weight excluding hydrogens is 246 g/mol. The number of aliphatic hydroxyl groups excluding tert-OH is 1. The van der Waals surface area contributed by atoms with Crippen molar-refractivity contribution < 1.29 is 22.0 Å². The summed E-state index contributed by atoms with van der Waals surface area (Å²) in [5, 5.41) is 8.77. The maximum atomic E-state index is 8.77. The van der Waals surface area contributed by atoms with Crippen molar-refractivity contribution in [3.63, 3.8) is 0 Å². The van der Waals surface area contributed by atoms with Crippen LogP contribution in [0.3, 0.4) is 0 Å². The van der Waals surface area contributed by atoms with Gasteiger partial charge in [-0.2, -0.15) is 0 Å². The van der Waals surface area contributed by atoms with Crippen molar-refractivity contribution in [2.75, 3.05) is 33.8 Å². The van der Waals surface area contributed by atoms with E-state index in [4.69, 9.17) is 5.11 Å². The Labute approximate surface area is 121 Å². The number of hydrogen-bond acceptors (Lipinski definition) is 1. The molecule has 0 unspecified atom stereocenters. The number of halogens is 1. The predicted octanol–water partition coefficient (Wildman–Crippen LogP) is 0.590. The van der Waals surface area contributed by atoms with Gasteiger partial charge < -0.3 is 22.0 Å². The number of aliphatic hydroxyl groups is 1. The van der Waals surface area contributed by atoms with E-state index in [1.165, 1.54) is 58.0 Å². The van der Waals surface area contributed by atoms with Gasteiger partial charge in [-0.1, -0.05) is 39.0 Å². The molecule has 0 amide bonds. The van der Waals surface area contributed by atoms with E-state index in [0.717, 1.165) is 17.3 Å². The minimum Gasteiger partial charge on any atom is -1.00 e. The summed E-state index contributed by atoms with van der Waals surface area (Å²) >= 11 is 0. The second-order valence-electron chi connectivity index (χ2n) is 5.93. The van der Waals surface area contributed by atoms with Gasteiger partial charge in [0.05, 0.1) is 27.2 Å². The molecule has 0 atom stereocenters. The number of nitrogens with zero attached hydrogens (tertiary/aromatic N) is 1. The van der Waals surface area contributed by atoms with Crippen LogP contribution in [-0.2, 0) is 0 Å². The highest BCUT2D eigenvalue weighted by Crippen LogP contribution is 2.10. The lowest BCUT2D eigenvalue weighted by atomic mass is 10.1. The molecule has 0 saturated heterocycles. The first-order valence-corrected chi connectivity index (χ1v) is 7.55. The molecule has 112 valence electrons. The molecule has 0 aliphatic rings. The second-order valence-corrected chi connectivity index (χ2v) is 5.93. The van der Waals surface area contributed by atoms with Crippen LogP contribution < -0.4 is 12.4 Å². The zero-order valence-corrected chi connectivity index (χ0v) is 13.5. The molecule has 0 saturated carbocycles. The molecule has 3 heteroatoms. The Morgan fingerprint density at radius 2 is 1.17 bits per heavy atom. The van der Waals surface area contributed by atoms with Crippen molar-refractivity contribution >= 4 is 0 Å². The lowest BCUT2D eigenvalue weighted by Crippen LogP contribution is -3.00. The van der Waals surface area contributed by atoms with Crippen LogP contribution in [0.25, 0.3) is 0 Å². The first-order chi connectivity index (χ1) is 8.12. The van der Waals surface area contributed by atoms with Crippen molar-refractivity contribution in [2.24, 2.45) is 0 Å². The fourth-order valence-corrected chi connectivity index (χ4v) is 2.26. The highest BCUT2D eigenvalue weighted by Gasteiger charge is 2.13. The third-order valence-corrected chi connectivity index (χ3v) is 3.54. The fraction of sp³-hybridized carbons (Fsp3) is 1.00. The summed E-state index contributed by atoms with van der Waals surface area (Å²) in [6.45, 7) is 5.11. The lowest BCUT2D eigenvalue weighted by Gasteiger charge is -2.29. The normalized spacial score (nSPS) is 11.3. The van der Waals surface area contributed by atoms with Gasteiger partial charge in [-0.05, 0) is 25.7 Å². The molecule has 0 radical (unpaired) electrons. The van der Waals surface area contributed by atoms with Gasteiger partial charge in [-0.15, -0.1) is 0 Å². The Hall–Kier alpha value is 0.210. The largest absolute Gasteiger partial charge is 1.00 e. The van der Waals surface area contributed by atoms with E-state index < -0.39 is 0 Å². The van der Waals surface area contributed by atoms with Crippen LogP contribution in [0, 0.1) is 0 Å². The van der Waals surface area contributed by atoms with E-state index in [0.29, 0.717) is 6.61 Å². The van der Waals surface area contributed by atoms with Gasteiger partial charge in [0.15, 0.2) is 0 Å². The molecule has 0 aromatic carbocycles. The summed E-state index contributed by atoms with van der Waals surface area (Å²) < 4.78 is 1.12. The average Bonchev–Trinajstić information content (AvgIpc) is 2.28. The molecule has 0 aromatic rings. The maximum absolute atomic E-state index is 8.77. The minimum absolute atomic E-state index is 0. The molecule has 1 N–H and O–H groups in total. The highest BCUT2D eigenvalue weighted by atomic mass is 35.5. The molecule has 0 heterocycles. The predicted molar refractivity (Wildman–Crippen MR) is 76.2 cm³/mol. The first-order valence-electron chi connectivity index (χ1n) is 7.55. The smallest absolute Gasteiger partial charge is 0.0783 e. The van der Waals surface area contributed by atoms with Gasteiger partial charge in [0.1, 0.15) is 0 Å². The Bertz CT molecular complexity index is 163. The summed E-state index contributed by atoms with van der Waals surface area (Å²) in [6.07, 6.45) is 11.9. The summed E-state index contributed by atoms with van der Waals surface area (Å²) in [4.78, 5) is 0. The quantitative estimate of drug-likeness (QED) is 0.410. The van der Waals surface area contributed by atoms with Gasteiger partial charge in [0.2, 0.25) is 0 Å². The van der Waals surface area contributed by atoms with Crippen LogP contribution in [0.2, 0.25) is 0 Å². The van der Waals surface area contributed by atoms with Gasteiger partial charge in [0, 0.05) is 6.61 Å². The van der Waals surface area contributed by atoms with E-state index in [1.54, 1.807) is 0 Å². The number of hydrogen-bond donors (Lipinski definition) is 1. The maximum Gasteiger partial charge on any atom is 0.0783 e. The topological polar surface area (TPSA) is 20.2 Å². The van der Waals surface area contributed by atoms with Crippen molar-refractivity contribution in [3.05, 3.63) is 0 Å². The molecule has 2 nitrogen and oxygen atoms in total. The Balaban J connectivity index is 0. The fourth-order valence-electron chi connectivity index (χ4n) is 2.26. The van der Waals surface area contributed by atoms with Crippen LogP contribution in [-0.4, -0.2) is 43.4 Å². The average molecular weight is 280 g/mol. The zero-order valence-electron chi connectivity index (χ0n) is 12.8. The third-order valence-electron chi connectivity index (χ3n) is 3.54. The molecule has 0 aromatic heterocycles. The minimum atomic E-state index is 0. The Morgan fingerprint density at radius 3 is 1.67 bits per heavy atom. The molecule has 0 spiro atoms. The summed E-state index contributed by atoms with van der Waals surface area (Å²) in [5.41, 5.74) is 0. The highest BCUT2D eigenvalue weighted by molar-refractivity contribution is 4.46. The van der Waals surface area contributed by atoms with Crippen molar-refractivity contribution in [3.8, 4) is 0 Å². The lowest BCUT2D eigenvalue weighted by molar-refractivity contribution is -0.890. The summed E-state index contributed by atoms with van der Waals surface area (Å²) in [6, 6.07) is 0. The van der Waals surface area contributed by atoms with Crippen LogP contribution in [0.15, 0.2) is 0 Å². The van der Waals surface area contributed by atoms with E-state index >= 15 is 0 Å². The number of unbranched alkanes of at least 4 members (excludes halogenated alkanes) is 7. The molecule has 0 aliphatic carbocycles. The summed E-state index contributed by atoms with van der Waals surface area (Å²) in [5.74, 6) is 0. The Kier molecular flexibility index (Phi) is 15.6. The monoisotopic (exact) mass is 279 g/mol. The van der Waals surface area contributed by atoms with E-state index in [-0.39, 0.29) is 12.4 Å². The molecule has 18 heavy (non-hydrogen) atoms. The van der Waals surface area contributed by atoms with E-state index in [9.17, 15) is 0 Å². The first kappa shape index (κ1) is 20.5. The number of rotatable bonds is 12. The van der Waals surface area contributed by atoms with Crippen molar-refractivity contribution in [2.45, 2.75) is 64.7 Å². The van der Waals surface area contributed by atoms with Gasteiger partial charge >= 0.3 is 0 Å². The van der Waals surface area contributed by atoms with Crippen molar-refractivity contribution in [1.29, 1.82) is 0 Å². The number of quaternary nitrogens is 1. The zero-order chi connectivity index (χ0) is 13.0. The van der Waals surface area contributed by atoms with Gasteiger partial charge in [-0.3, -0.25) is 0 Å². The van der Waals surface area contributed by atoms with Crippen LogP contribution >= 0.6 is 0 Å². The SMILES string of the molecule is CCCCCCCCC[N+](C)(C)CCCCO.[Cl-]. The molecule has 0 rings (SSSR count). The van der Waals surface area contributed by atoms with E-state index in [2.05, 4.69) is 21.0 Å². The molecular formula is C15H34ClNO. The van der Waals surface area contributed by atoms with Gasteiger partial charge in [0.25, 0.3) is 0 Å².